The number of carbonyl (C=O) groups excluding carboxylic acids is 3. The first-order valence-corrected chi connectivity index (χ1v) is 6.18. The normalized spacial score (nSPS) is 11.3. The lowest BCUT2D eigenvalue weighted by Gasteiger charge is -2.16. The smallest absolute Gasteiger partial charge is 0.325 e. The lowest BCUT2D eigenvalue weighted by molar-refractivity contribution is -0.143. The van der Waals surface area contributed by atoms with Crippen LogP contribution in [-0.4, -0.2) is 54.1 Å². The number of aliphatic carboxylic acids is 1. The Kier molecular flexibility index (Phi) is 7.95. The molecule has 114 valence electrons. The minimum atomic E-state index is -1.00. The largest absolute Gasteiger partial charge is 0.481 e. The van der Waals surface area contributed by atoms with Gasteiger partial charge in [0.25, 0.3) is 0 Å². The molecule has 0 radical (unpaired) electrons. The SMILES string of the molecule is CCOC(=O)CN(C)C(=O)NC(=O)CC(C)CC(=O)O. The van der Waals surface area contributed by atoms with Gasteiger partial charge in [-0.1, -0.05) is 6.92 Å². The van der Waals surface area contributed by atoms with Gasteiger partial charge in [-0.05, 0) is 12.8 Å². The van der Waals surface area contributed by atoms with E-state index in [-0.39, 0.29) is 31.9 Å². The first kappa shape index (κ1) is 17.9. The van der Waals surface area contributed by atoms with Crippen molar-refractivity contribution in [1.82, 2.24) is 10.2 Å². The molecule has 0 aromatic rings. The zero-order chi connectivity index (χ0) is 15.7. The van der Waals surface area contributed by atoms with Gasteiger partial charge in [0.15, 0.2) is 0 Å². The summed E-state index contributed by atoms with van der Waals surface area (Å²) in [6.45, 7) is 3.18. The summed E-state index contributed by atoms with van der Waals surface area (Å²) in [4.78, 5) is 45.7. The van der Waals surface area contributed by atoms with Crippen molar-refractivity contribution < 1.29 is 29.0 Å². The first-order chi connectivity index (χ1) is 9.26. The van der Waals surface area contributed by atoms with Gasteiger partial charge in [0.2, 0.25) is 5.91 Å². The number of nitrogens with zero attached hydrogens (tertiary/aromatic N) is 1. The Morgan fingerprint density at radius 1 is 1.25 bits per heavy atom. The Labute approximate surface area is 117 Å². The lowest BCUT2D eigenvalue weighted by atomic mass is 10.0. The molecule has 0 aromatic heterocycles. The molecule has 0 aromatic carbocycles. The maximum Gasteiger partial charge on any atom is 0.325 e. The topological polar surface area (TPSA) is 113 Å². The van der Waals surface area contributed by atoms with Gasteiger partial charge in [-0.3, -0.25) is 19.7 Å². The Morgan fingerprint density at radius 3 is 2.35 bits per heavy atom. The van der Waals surface area contributed by atoms with Crippen LogP contribution in [0, 0.1) is 5.92 Å². The highest BCUT2D eigenvalue weighted by Crippen LogP contribution is 2.06. The number of carboxylic acids is 1. The Balaban J connectivity index is 4.15. The fourth-order valence-corrected chi connectivity index (χ4v) is 1.42. The maximum atomic E-state index is 11.6. The molecule has 0 aliphatic rings. The zero-order valence-corrected chi connectivity index (χ0v) is 11.8. The Morgan fingerprint density at radius 2 is 1.85 bits per heavy atom. The molecule has 0 bridgehead atoms. The van der Waals surface area contributed by atoms with E-state index >= 15 is 0 Å². The predicted molar refractivity (Wildman–Crippen MR) is 68.8 cm³/mol. The Bertz CT molecular complexity index is 382. The third-order valence-corrected chi connectivity index (χ3v) is 2.32. The van der Waals surface area contributed by atoms with E-state index in [1.54, 1.807) is 13.8 Å². The first-order valence-electron chi connectivity index (χ1n) is 6.18. The van der Waals surface area contributed by atoms with Crippen LogP contribution in [0.25, 0.3) is 0 Å². The molecule has 0 saturated heterocycles. The molecule has 8 nitrogen and oxygen atoms in total. The summed E-state index contributed by atoms with van der Waals surface area (Å²) in [5.41, 5.74) is 0. The van der Waals surface area contributed by atoms with E-state index in [2.05, 4.69) is 10.1 Å². The summed E-state index contributed by atoms with van der Waals surface area (Å²) in [6, 6.07) is -0.731. The molecular formula is C12H20N2O6. The monoisotopic (exact) mass is 288 g/mol. The minimum absolute atomic E-state index is 0.0781. The van der Waals surface area contributed by atoms with Crippen LogP contribution < -0.4 is 5.32 Å². The number of carbonyl (C=O) groups is 4. The van der Waals surface area contributed by atoms with Crippen LogP contribution in [0.1, 0.15) is 26.7 Å². The van der Waals surface area contributed by atoms with Crippen LogP contribution >= 0.6 is 0 Å². The van der Waals surface area contributed by atoms with Crippen LogP contribution in [0.2, 0.25) is 0 Å². The van der Waals surface area contributed by atoms with Gasteiger partial charge in [0.05, 0.1) is 6.61 Å². The molecule has 8 heteroatoms. The molecule has 0 aliphatic carbocycles. The van der Waals surface area contributed by atoms with Crippen molar-refractivity contribution in [3.8, 4) is 0 Å². The average Bonchev–Trinajstić information content (AvgIpc) is 2.26. The van der Waals surface area contributed by atoms with E-state index in [1.165, 1.54) is 7.05 Å². The van der Waals surface area contributed by atoms with Gasteiger partial charge < -0.3 is 14.7 Å². The highest BCUT2D eigenvalue weighted by atomic mass is 16.5. The molecule has 20 heavy (non-hydrogen) atoms. The van der Waals surface area contributed by atoms with Gasteiger partial charge in [-0.25, -0.2) is 4.79 Å². The van der Waals surface area contributed by atoms with E-state index in [0.29, 0.717) is 0 Å². The van der Waals surface area contributed by atoms with Crippen molar-refractivity contribution in [3.05, 3.63) is 0 Å². The molecule has 0 heterocycles. The van der Waals surface area contributed by atoms with Crippen LogP contribution in [0.3, 0.4) is 0 Å². The minimum Gasteiger partial charge on any atom is -0.481 e. The molecule has 0 saturated carbocycles. The van der Waals surface area contributed by atoms with Crippen molar-refractivity contribution in [2.45, 2.75) is 26.7 Å². The highest BCUT2D eigenvalue weighted by Gasteiger charge is 2.18. The fraction of sp³-hybridized carbons (Fsp3) is 0.667. The van der Waals surface area contributed by atoms with Gasteiger partial charge in [0, 0.05) is 19.9 Å². The standard InChI is InChI=1S/C12H20N2O6/c1-4-20-11(18)7-14(3)12(19)13-9(15)5-8(2)6-10(16)17/h8H,4-7H2,1-3H3,(H,16,17)(H,13,15,19). The number of urea groups is 1. The third kappa shape index (κ3) is 8.06. The molecule has 0 aliphatic heterocycles. The van der Waals surface area contributed by atoms with Gasteiger partial charge in [-0.2, -0.15) is 0 Å². The quantitative estimate of drug-likeness (QED) is 0.648. The maximum absolute atomic E-state index is 11.6. The van der Waals surface area contributed by atoms with E-state index in [9.17, 15) is 19.2 Å². The summed E-state index contributed by atoms with van der Waals surface area (Å²) < 4.78 is 4.67. The van der Waals surface area contributed by atoms with Crippen molar-refractivity contribution in [2.24, 2.45) is 5.92 Å². The van der Waals surface area contributed by atoms with E-state index in [4.69, 9.17) is 5.11 Å². The number of rotatable bonds is 7. The fourth-order valence-electron chi connectivity index (χ4n) is 1.42. The number of nitrogens with one attached hydrogen (secondary N) is 1. The van der Waals surface area contributed by atoms with Gasteiger partial charge >= 0.3 is 18.0 Å². The highest BCUT2D eigenvalue weighted by molar-refractivity contribution is 5.95. The summed E-state index contributed by atoms with van der Waals surface area (Å²) in [7, 11) is 1.35. The molecule has 0 spiro atoms. The second-order valence-corrected chi connectivity index (χ2v) is 4.42. The molecule has 2 N–H and O–H groups in total. The number of likely N-dealkylation sites (N-methyl/N-ethyl adjacent to an activating group) is 1. The molecule has 0 fully saturated rings. The van der Waals surface area contributed by atoms with E-state index in [0.717, 1.165) is 4.90 Å². The van der Waals surface area contributed by atoms with Crippen molar-refractivity contribution in [1.29, 1.82) is 0 Å². The third-order valence-electron chi connectivity index (χ3n) is 2.32. The van der Waals surface area contributed by atoms with Crippen molar-refractivity contribution >= 4 is 23.9 Å². The number of hydrogen-bond acceptors (Lipinski definition) is 5. The van der Waals surface area contributed by atoms with E-state index in [1.807, 2.05) is 0 Å². The number of amides is 3. The predicted octanol–water partition coefficient (Wildman–Crippen LogP) is 0.218. The summed E-state index contributed by atoms with van der Waals surface area (Å²) >= 11 is 0. The number of esters is 1. The van der Waals surface area contributed by atoms with Crippen molar-refractivity contribution in [2.75, 3.05) is 20.2 Å². The molecule has 1 atom stereocenters. The molecule has 1 unspecified atom stereocenters. The second-order valence-electron chi connectivity index (χ2n) is 4.42. The van der Waals surface area contributed by atoms with Crippen LogP contribution in [0.4, 0.5) is 4.79 Å². The molecular weight excluding hydrogens is 268 g/mol. The number of hydrogen-bond donors (Lipinski definition) is 2. The van der Waals surface area contributed by atoms with Gasteiger partial charge in [0.1, 0.15) is 6.54 Å². The van der Waals surface area contributed by atoms with Gasteiger partial charge in [-0.15, -0.1) is 0 Å². The summed E-state index contributed by atoms with van der Waals surface area (Å²) in [5, 5.41) is 10.6. The zero-order valence-electron chi connectivity index (χ0n) is 11.8. The Hall–Kier alpha value is -2.12. The second kappa shape index (κ2) is 8.89. The molecule has 0 rings (SSSR count). The summed E-state index contributed by atoms with van der Waals surface area (Å²) in [5.74, 6) is -2.54. The van der Waals surface area contributed by atoms with Crippen LogP contribution in [0.5, 0.6) is 0 Å². The lowest BCUT2D eigenvalue weighted by Crippen LogP contribution is -2.43. The van der Waals surface area contributed by atoms with Crippen LogP contribution in [-0.2, 0) is 19.1 Å². The number of imide groups is 1. The van der Waals surface area contributed by atoms with Crippen molar-refractivity contribution in [3.63, 3.8) is 0 Å². The number of ether oxygens (including phenoxy) is 1. The van der Waals surface area contributed by atoms with E-state index < -0.39 is 23.9 Å². The molecule has 3 amide bonds. The summed E-state index contributed by atoms with van der Waals surface area (Å²) in [6.07, 6.45) is -0.231. The average molecular weight is 288 g/mol. The number of carboxylic acid groups (broad SMARTS) is 1. The van der Waals surface area contributed by atoms with Crippen LogP contribution in [0.15, 0.2) is 0 Å².